The van der Waals surface area contributed by atoms with Gasteiger partial charge in [-0.1, -0.05) is 13.3 Å². The highest BCUT2D eigenvalue weighted by molar-refractivity contribution is 5.80. The second kappa shape index (κ2) is 4.49. The van der Waals surface area contributed by atoms with Crippen LogP contribution >= 0.6 is 0 Å². The second-order valence-corrected chi connectivity index (χ2v) is 4.56. The molecular formula is C11H20N2O2. The van der Waals surface area contributed by atoms with Crippen LogP contribution in [0.4, 0.5) is 0 Å². The van der Waals surface area contributed by atoms with Gasteiger partial charge in [0.05, 0.1) is 19.1 Å². The van der Waals surface area contributed by atoms with Crippen LogP contribution in [0.3, 0.4) is 0 Å². The summed E-state index contributed by atoms with van der Waals surface area (Å²) in [5.41, 5.74) is 0. The van der Waals surface area contributed by atoms with Gasteiger partial charge >= 0.3 is 0 Å². The number of likely N-dealkylation sites (N-methyl/N-ethyl adjacent to an activating group) is 1. The van der Waals surface area contributed by atoms with Crippen LogP contribution in [-0.2, 0) is 9.53 Å². The predicted octanol–water partition coefficient (Wildman–Crippen LogP) is 0.136. The lowest BCUT2D eigenvalue weighted by atomic mass is 10.0. The SMILES string of the molecule is CCC1CC1NC(=O)C1COCC1NC. The van der Waals surface area contributed by atoms with Crippen LogP contribution < -0.4 is 10.6 Å². The van der Waals surface area contributed by atoms with Gasteiger partial charge < -0.3 is 15.4 Å². The van der Waals surface area contributed by atoms with Gasteiger partial charge in [0.25, 0.3) is 0 Å². The van der Waals surface area contributed by atoms with Crippen molar-refractivity contribution in [2.75, 3.05) is 20.3 Å². The maximum atomic E-state index is 11.9. The number of carbonyl (C=O) groups excluding carboxylic acids is 1. The van der Waals surface area contributed by atoms with Gasteiger partial charge in [-0.15, -0.1) is 0 Å². The van der Waals surface area contributed by atoms with Crippen molar-refractivity contribution in [1.29, 1.82) is 0 Å². The molecule has 2 fully saturated rings. The number of carbonyl (C=O) groups is 1. The molecule has 1 saturated carbocycles. The van der Waals surface area contributed by atoms with Crippen LogP contribution in [0.2, 0.25) is 0 Å². The summed E-state index contributed by atoms with van der Waals surface area (Å²) in [5.74, 6) is 0.866. The van der Waals surface area contributed by atoms with E-state index in [0.29, 0.717) is 25.2 Å². The van der Waals surface area contributed by atoms with E-state index in [4.69, 9.17) is 4.74 Å². The predicted molar refractivity (Wildman–Crippen MR) is 57.5 cm³/mol. The van der Waals surface area contributed by atoms with Gasteiger partial charge in [-0.05, 0) is 19.4 Å². The van der Waals surface area contributed by atoms with E-state index in [0.717, 1.165) is 6.42 Å². The lowest BCUT2D eigenvalue weighted by molar-refractivity contribution is -0.125. The van der Waals surface area contributed by atoms with Crippen molar-refractivity contribution >= 4 is 5.91 Å². The molecule has 0 radical (unpaired) electrons. The molecule has 0 aromatic heterocycles. The van der Waals surface area contributed by atoms with Gasteiger partial charge in [0.2, 0.25) is 5.91 Å². The van der Waals surface area contributed by atoms with E-state index in [1.54, 1.807) is 0 Å². The number of hydrogen-bond acceptors (Lipinski definition) is 3. The minimum atomic E-state index is -0.00638. The molecular weight excluding hydrogens is 192 g/mol. The fraction of sp³-hybridized carbons (Fsp3) is 0.909. The smallest absolute Gasteiger partial charge is 0.227 e. The Labute approximate surface area is 90.8 Å². The van der Waals surface area contributed by atoms with Crippen molar-refractivity contribution in [2.24, 2.45) is 11.8 Å². The van der Waals surface area contributed by atoms with Gasteiger partial charge in [-0.3, -0.25) is 4.79 Å². The summed E-state index contributed by atoms with van der Waals surface area (Å²) in [6, 6.07) is 0.615. The molecule has 1 amide bonds. The Balaban J connectivity index is 1.80. The average Bonchev–Trinajstić information content (AvgIpc) is 2.81. The molecule has 0 aromatic rings. The zero-order valence-electron chi connectivity index (χ0n) is 9.45. The molecule has 2 rings (SSSR count). The molecule has 4 heteroatoms. The van der Waals surface area contributed by atoms with E-state index < -0.39 is 0 Å². The molecule has 15 heavy (non-hydrogen) atoms. The highest BCUT2D eigenvalue weighted by atomic mass is 16.5. The Morgan fingerprint density at radius 1 is 1.40 bits per heavy atom. The number of nitrogens with one attached hydrogen (secondary N) is 2. The highest BCUT2D eigenvalue weighted by Gasteiger charge is 2.40. The summed E-state index contributed by atoms with van der Waals surface area (Å²) in [5, 5.41) is 6.23. The van der Waals surface area contributed by atoms with Gasteiger partial charge in [0.15, 0.2) is 0 Å². The Morgan fingerprint density at radius 3 is 2.80 bits per heavy atom. The lowest BCUT2D eigenvalue weighted by Gasteiger charge is -2.16. The molecule has 0 bridgehead atoms. The highest BCUT2D eigenvalue weighted by Crippen LogP contribution is 2.33. The molecule has 0 spiro atoms. The number of rotatable bonds is 4. The van der Waals surface area contributed by atoms with Crippen LogP contribution in [0, 0.1) is 11.8 Å². The fourth-order valence-corrected chi connectivity index (χ4v) is 2.26. The van der Waals surface area contributed by atoms with E-state index in [9.17, 15) is 4.79 Å². The van der Waals surface area contributed by atoms with Crippen molar-refractivity contribution in [3.63, 3.8) is 0 Å². The summed E-state index contributed by atoms with van der Waals surface area (Å²) in [4.78, 5) is 11.9. The molecule has 4 atom stereocenters. The molecule has 2 aliphatic rings. The molecule has 2 N–H and O–H groups in total. The summed E-state index contributed by atoms with van der Waals surface area (Å²) in [6.45, 7) is 3.38. The van der Waals surface area contributed by atoms with E-state index in [1.807, 2.05) is 7.05 Å². The first-order chi connectivity index (χ1) is 7.26. The Kier molecular flexibility index (Phi) is 3.26. The summed E-state index contributed by atoms with van der Waals surface area (Å²) < 4.78 is 5.31. The van der Waals surface area contributed by atoms with E-state index in [2.05, 4.69) is 17.6 Å². The van der Waals surface area contributed by atoms with Crippen LogP contribution in [0.1, 0.15) is 19.8 Å². The Bertz CT molecular complexity index is 245. The molecule has 1 saturated heterocycles. The maximum Gasteiger partial charge on any atom is 0.227 e. The Hall–Kier alpha value is -0.610. The van der Waals surface area contributed by atoms with Crippen molar-refractivity contribution in [2.45, 2.75) is 31.8 Å². The standard InChI is InChI=1S/C11H20N2O2/c1-3-7-4-9(7)13-11(14)8-5-15-6-10(8)12-2/h7-10,12H,3-6H2,1-2H3,(H,13,14). The zero-order chi connectivity index (χ0) is 10.8. The maximum absolute atomic E-state index is 11.9. The monoisotopic (exact) mass is 212 g/mol. The van der Waals surface area contributed by atoms with E-state index in [1.165, 1.54) is 6.42 Å². The third-order valence-corrected chi connectivity index (χ3v) is 3.56. The van der Waals surface area contributed by atoms with Crippen LogP contribution in [0.5, 0.6) is 0 Å². The van der Waals surface area contributed by atoms with Crippen molar-refractivity contribution in [3.8, 4) is 0 Å². The van der Waals surface area contributed by atoms with Gasteiger partial charge in [0, 0.05) is 12.1 Å². The van der Waals surface area contributed by atoms with Gasteiger partial charge in [0.1, 0.15) is 0 Å². The number of hydrogen-bond donors (Lipinski definition) is 2. The normalized spacial score (nSPS) is 39.1. The quantitative estimate of drug-likeness (QED) is 0.696. The molecule has 0 aromatic carbocycles. The summed E-state index contributed by atoms with van der Waals surface area (Å²) in [7, 11) is 1.88. The molecule has 4 unspecified atom stereocenters. The third-order valence-electron chi connectivity index (χ3n) is 3.56. The largest absolute Gasteiger partial charge is 0.379 e. The van der Waals surface area contributed by atoms with Crippen LogP contribution in [0.25, 0.3) is 0 Å². The van der Waals surface area contributed by atoms with Crippen LogP contribution in [0.15, 0.2) is 0 Å². The molecule has 86 valence electrons. The minimum Gasteiger partial charge on any atom is -0.379 e. The summed E-state index contributed by atoms with van der Waals surface area (Å²) >= 11 is 0. The number of ether oxygens (including phenoxy) is 1. The van der Waals surface area contributed by atoms with Crippen molar-refractivity contribution in [3.05, 3.63) is 0 Å². The van der Waals surface area contributed by atoms with Crippen molar-refractivity contribution in [1.82, 2.24) is 10.6 Å². The average molecular weight is 212 g/mol. The summed E-state index contributed by atoms with van der Waals surface area (Å²) in [6.07, 6.45) is 2.32. The fourth-order valence-electron chi connectivity index (χ4n) is 2.26. The van der Waals surface area contributed by atoms with E-state index >= 15 is 0 Å². The zero-order valence-corrected chi connectivity index (χ0v) is 9.45. The third kappa shape index (κ3) is 2.32. The van der Waals surface area contributed by atoms with Gasteiger partial charge in [-0.2, -0.15) is 0 Å². The Morgan fingerprint density at radius 2 is 2.20 bits per heavy atom. The first kappa shape index (κ1) is 10.9. The molecule has 1 aliphatic heterocycles. The van der Waals surface area contributed by atoms with Crippen LogP contribution in [-0.4, -0.2) is 38.3 Å². The van der Waals surface area contributed by atoms with Gasteiger partial charge in [-0.25, -0.2) is 0 Å². The minimum absolute atomic E-state index is 0.00638. The van der Waals surface area contributed by atoms with Crippen molar-refractivity contribution < 1.29 is 9.53 Å². The second-order valence-electron chi connectivity index (χ2n) is 4.56. The first-order valence-corrected chi connectivity index (χ1v) is 5.81. The molecule has 1 heterocycles. The first-order valence-electron chi connectivity index (χ1n) is 5.81. The molecule has 1 aliphatic carbocycles. The topological polar surface area (TPSA) is 50.4 Å². The van der Waals surface area contributed by atoms with E-state index in [-0.39, 0.29) is 17.9 Å². The lowest BCUT2D eigenvalue weighted by Crippen LogP contribution is -2.43. The molecule has 4 nitrogen and oxygen atoms in total. The number of amides is 1.